The lowest BCUT2D eigenvalue weighted by Crippen LogP contribution is -2.29. The number of rotatable bonds is 7. The number of nitrogens with two attached hydrogens (primary N) is 1. The van der Waals surface area contributed by atoms with Gasteiger partial charge in [-0.1, -0.05) is 18.2 Å². The van der Waals surface area contributed by atoms with Gasteiger partial charge in [0.2, 0.25) is 0 Å². The van der Waals surface area contributed by atoms with Gasteiger partial charge in [-0.2, -0.15) is 0 Å². The Morgan fingerprint density at radius 1 is 1.26 bits per heavy atom. The SMILES string of the molecule is Cn1c(CC(N)CCCNC2CCCc3cccnc32)nc2ccccc21. The largest absolute Gasteiger partial charge is 0.331 e. The van der Waals surface area contributed by atoms with E-state index in [1.165, 1.54) is 29.6 Å². The van der Waals surface area contributed by atoms with E-state index in [0.717, 1.165) is 43.6 Å². The van der Waals surface area contributed by atoms with Gasteiger partial charge in [0.25, 0.3) is 0 Å². The Hall–Kier alpha value is -2.24. The van der Waals surface area contributed by atoms with Crippen LogP contribution in [0.2, 0.25) is 0 Å². The van der Waals surface area contributed by atoms with Crippen LogP contribution in [0.25, 0.3) is 11.0 Å². The van der Waals surface area contributed by atoms with Crippen molar-refractivity contribution in [3.05, 3.63) is 59.7 Å². The van der Waals surface area contributed by atoms with E-state index in [4.69, 9.17) is 10.7 Å². The number of hydrogen-bond acceptors (Lipinski definition) is 4. The lowest BCUT2D eigenvalue weighted by Gasteiger charge is -2.25. The molecule has 0 saturated heterocycles. The van der Waals surface area contributed by atoms with Gasteiger partial charge in [0.05, 0.1) is 16.7 Å². The van der Waals surface area contributed by atoms with Crippen molar-refractivity contribution >= 4 is 11.0 Å². The Bertz CT molecular complexity index is 901. The molecule has 0 spiro atoms. The number of para-hydroxylation sites is 2. The van der Waals surface area contributed by atoms with Gasteiger partial charge in [-0.05, 0) is 62.4 Å². The number of hydrogen-bond donors (Lipinski definition) is 2. The second-order valence-electron chi connectivity index (χ2n) is 7.63. The van der Waals surface area contributed by atoms with E-state index in [-0.39, 0.29) is 6.04 Å². The van der Waals surface area contributed by atoms with Crippen molar-refractivity contribution in [1.29, 1.82) is 0 Å². The molecule has 0 bridgehead atoms. The van der Waals surface area contributed by atoms with E-state index in [1.807, 2.05) is 18.3 Å². The fraction of sp³-hybridized carbons (Fsp3) is 0.455. The zero-order valence-electron chi connectivity index (χ0n) is 16.1. The molecule has 142 valence electrons. The van der Waals surface area contributed by atoms with Crippen molar-refractivity contribution in [2.75, 3.05) is 6.54 Å². The van der Waals surface area contributed by atoms with E-state index >= 15 is 0 Å². The Balaban J connectivity index is 1.26. The number of fused-ring (bicyclic) bond motifs is 2. The quantitative estimate of drug-likeness (QED) is 0.632. The molecule has 0 aliphatic heterocycles. The summed E-state index contributed by atoms with van der Waals surface area (Å²) in [4.78, 5) is 9.34. The van der Waals surface area contributed by atoms with Crippen LogP contribution in [0.4, 0.5) is 0 Å². The second-order valence-corrected chi connectivity index (χ2v) is 7.63. The van der Waals surface area contributed by atoms with Crippen LogP contribution in [-0.2, 0) is 19.9 Å². The number of imidazole rings is 1. The minimum Gasteiger partial charge on any atom is -0.331 e. The number of nitrogens with one attached hydrogen (secondary N) is 1. The average Bonchev–Trinajstić information content (AvgIpc) is 3.01. The summed E-state index contributed by atoms with van der Waals surface area (Å²) in [7, 11) is 2.08. The molecule has 27 heavy (non-hydrogen) atoms. The number of pyridine rings is 1. The van der Waals surface area contributed by atoms with Gasteiger partial charge in [0, 0.05) is 31.7 Å². The summed E-state index contributed by atoms with van der Waals surface area (Å²) in [6.07, 6.45) is 8.37. The Labute approximate surface area is 161 Å². The zero-order chi connectivity index (χ0) is 18.6. The van der Waals surface area contributed by atoms with E-state index in [9.17, 15) is 0 Å². The standard InChI is InChI=1S/C22H29N5/c1-27-20-12-3-2-10-18(20)26-21(27)15-17(23)9-6-13-24-19-11-4-7-16-8-5-14-25-22(16)19/h2-3,5,8,10,12,14,17,19,24H,4,6-7,9,11,13,15,23H2,1H3. The molecule has 0 amide bonds. The highest BCUT2D eigenvalue weighted by molar-refractivity contribution is 5.75. The van der Waals surface area contributed by atoms with Crippen LogP contribution in [0, 0.1) is 0 Å². The Kier molecular flexibility index (Phi) is 5.50. The van der Waals surface area contributed by atoms with E-state index in [1.54, 1.807) is 0 Å². The molecular formula is C22H29N5. The van der Waals surface area contributed by atoms with E-state index in [0.29, 0.717) is 6.04 Å². The average molecular weight is 364 g/mol. The molecule has 5 heteroatoms. The normalized spacial score (nSPS) is 17.8. The maximum absolute atomic E-state index is 6.40. The fourth-order valence-corrected chi connectivity index (χ4v) is 4.16. The zero-order valence-corrected chi connectivity index (χ0v) is 16.1. The molecule has 5 nitrogen and oxygen atoms in total. The molecule has 0 saturated carbocycles. The number of aryl methyl sites for hydroxylation is 2. The van der Waals surface area contributed by atoms with Gasteiger partial charge in [-0.15, -0.1) is 0 Å². The maximum atomic E-state index is 6.40. The lowest BCUT2D eigenvalue weighted by molar-refractivity contribution is 0.433. The molecule has 4 rings (SSSR count). The van der Waals surface area contributed by atoms with Crippen molar-refractivity contribution in [3.8, 4) is 0 Å². The highest BCUT2D eigenvalue weighted by Crippen LogP contribution is 2.27. The molecule has 2 unspecified atom stereocenters. The first-order valence-electron chi connectivity index (χ1n) is 10.1. The summed E-state index contributed by atoms with van der Waals surface area (Å²) >= 11 is 0. The third kappa shape index (κ3) is 4.04. The van der Waals surface area contributed by atoms with E-state index in [2.05, 4.69) is 46.2 Å². The monoisotopic (exact) mass is 363 g/mol. The van der Waals surface area contributed by atoms with Gasteiger partial charge in [0.1, 0.15) is 5.82 Å². The molecule has 1 aromatic carbocycles. The van der Waals surface area contributed by atoms with Crippen LogP contribution in [0.3, 0.4) is 0 Å². The predicted octanol–water partition coefficient (Wildman–Crippen LogP) is 3.29. The summed E-state index contributed by atoms with van der Waals surface area (Å²) < 4.78 is 2.16. The maximum Gasteiger partial charge on any atom is 0.111 e. The predicted molar refractivity (Wildman–Crippen MR) is 110 cm³/mol. The summed E-state index contributed by atoms with van der Waals surface area (Å²) in [6.45, 7) is 0.983. The van der Waals surface area contributed by atoms with Crippen molar-refractivity contribution in [3.63, 3.8) is 0 Å². The van der Waals surface area contributed by atoms with Gasteiger partial charge >= 0.3 is 0 Å². The third-order valence-electron chi connectivity index (χ3n) is 5.66. The minimum absolute atomic E-state index is 0.138. The summed E-state index contributed by atoms with van der Waals surface area (Å²) in [5.74, 6) is 1.07. The van der Waals surface area contributed by atoms with Crippen molar-refractivity contribution < 1.29 is 0 Å². The van der Waals surface area contributed by atoms with Gasteiger partial charge in [0.15, 0.2) is 0 Å². The van der Waals surface area contributed by atoms with Crippen molar-refractivity contribution in [1.82, 2.24) is 19.9 Å². The molecule has 0 fully saturated rings. The van der Waals surface area contributed by atoms with Crippen LogP contribution < -0.4 is 11.1 Å². The molecule has 2 atom stereocenters. The molecule has 2 heterocycles. The summed E-state index contributed by atoms with van der Waals surface area (Å²) in [6, 6.07) is 13.0. The second kappa shape index (κ2) is 8.19. The first kappa shape index (κ1) is 18.1. The molecule has 0 radical (unpaired) electrons. The highest BCUT2D eigenvalue weighted by Gasteiger charge is 2.20. The first-order valence-corrected chi connectivity index (χ1v) is 10.1. The van der Waals surface area contributed by atoms with Gasteiger partial charge in [-0.3, -0.25) is 4.98 Å². The molecule has 3 N–H and O–H groups in total. The third-order valence-corrected chi connectivity index (χ3v) is 5.66. The lowest BCUT2D eigenvalue weighted by atomic mass is 9.92. The number of nitrogens with zero attached hydrogens (tertiary/aromatic N) is 3. The van der Waals surface area contributed by atoms with Gasteiger partial charge < -0.3 is 15.6 Å². The molecular weight excluding hydrogens is 334 g/mol. The van der Waals surface area contributed by atoms with Crippen LogP contribution in [-0.4, -0.2) is 27.1 Å². The Morgan fingerprint density at radius 3 is 3.04 bits per heavy atom. The molecule has 1 aliphatic carbocycles. The molecule has 2 aromatic heterocycles. The van der Waals surface area contributed by atoms with Crippen LogP contribution in [0.1, 0.15) is 48.8 Å². The topological polar surface area (TPSA) is 68.8 Å². The van der Waals surface area contributed by atoms with Crippen molar-refractivity contribution in [2.45, 2.75) is 50.6 Å². The van der Waals surface area contributed by atoms with Crippen molar-refractivity contribution in [2.24, 2.45) is 12.8 Å². The molecule has 3 aromatic rings. The summed E-state index contributed by atoms with van der Waals surface area (Å²) in [5, 5.41) is 3.69. The Morgan fingerprint density at radius 2 is 2.15 bits per heavy atom. The van der Waals surface area contributed by atoms with Crippen LogP contribution in [0.15, 0.2) is 42.6 Å². The smallest absolute Gasteiger partial charge is 0.111 e. The van der Waals surface area contributed by atoms with Crippen LogP contribution >= 0.6 is 0 Å². The number of benzene rings is 1. The molecule has 1 aliphatic rings. The highest BCUT2D eigenvalue weighted by atomic mass is 15.1. The van der Waals surface area contributed by atoms with E-state index < -0.39 is 0 Å². The number of aromatic nitrogens is 3. The fourth-order valence-electron chi connectivity index (χ4n) is 4.16. The van der Waals surface area contributed by atoms with Gasteiger partial charge in [-0.25, -0.2) is 4.98 Å². The minimum atomic E-state index is 0.138. The first-order chi connectivity index (χ1) is 13.2. The summed E-state index contributed by atoms with van der Waals surface area (Å²) in [5.41, 5.74) is 11.3. The van der Waals surface area contributed by atoms with Crippen LogP contribution in [0.5, 0.6) is 0 Å².